The van der Waals surface area contributed by atoms with Crippen molar-refractivity contribution in [2.24, 2.45) is 4.99 Å². The number of nitrogens with one attached hydrogen (secondary N) is 2. The van der Waals surface area contributed by atoms with Gasteiger partial charge in [-0.1, -0.05) is 24.5 Å². The lowest BCUT2D eigenvalue weighted by Gasteiger charge is -2.19. The summed E-state index contributed by atoms with van der Waals surface area (Å²) in [6.07, 6.45) is 11.1. The Bertz CT molecular complexity index is 387. The Morgan fingerprint density at radius 2 is 2.04 bits per heavy atom. The summed E-state index contributed by atoms with van der Waals surface area (Å²) in [7, 11) is 0. The van der Waals surface area contributed by atoms with Crippen molar-refractivity contribution < 1.29 is 4.74 Å². The van der Waals surface area contributed by atoms with Crippen molar-refractivity contribution >= 4 is 5.96 Å². The van der Waals surface area contributed by atoms with Gasteiger partial charge in [-0.05, 0) is 58.7 Å². The average Bonchev–Trinajstić information content (AvgIpc) is 2.88. The molecule has 1 saturated heterocycles. The van der Waals surface area contributed by atoms with E-state index in [0.717, 1.165) is 58.1 Å². The van der Waals surface area contributed by atoms with Crippen LogP contribution in [0.5, 0.6) is 0 Å². The molecule has 0 amide bonds. The van der Waals surface area contributed by atoms with Crippen LogP contribution in [-0.2, 0) is 4.74 Å². The van der Waals surface area contributed by atoms with Crippen LogP contribution >= 0.6 is 0 Å². The number of nitrogens with zero attached hydrogens (tertiary/aromatic N) is 2. The molecule has 0 aromatic heterocycles. The number of likely N-dealkylation sites (tertiary alicyclic amines) is 1. The lowest BCUT2D eigenvalue weighted by molar-refractivity contribution is 0.153. The van der Waals surface area contributed by atoms with Crippen LogP contribution in [0.4, 0.5) is 0 Å². The van der Waals surface area contributed by atoms with Gasteiger partial charge in [-0.3, -0.25) is 4.99 Å². The minimum Gasteiger partial charge on any atom is -0.377 e. The second-order valence-electron chi connectivity index (χ2n) is 6.73. The molecule has 0 spiro atoms. The van der Waals surface area contributed by atoms with E-state index in [9.17, 15) is 0 Å². The normalized spacial score (nSPS) is 20.4. The third-order valence-electron chi connectivity index (χ3n) is 4.74. The van der Waals surface area contributed by atoms with E-state index in [2.05, 4.69) is 28.5 Å². The lowest BCUT2D eigenvalue weighted by Crippen LogP contribution is -2.38. The molecule has 2 rings (SSSR count). The zero-order valence-corrected chi connectivity index (χ0v) is 15.5. The molecule has 2 aliphatic heterocycles. The van der Waals surface area contributed by atoms with Gasteiger partial charge in [-0.2, -0.15) is 0 Å². The summed E-state index contributed by atoms with van der Waals surface area (Å²) in [5, 5.41) is 6.81. The van der Waals surface area contributed by atoms with Crippen molar-refractivity contribution in [1.82, 2.24) is 15.5 Å². The fourth-order valence-electron chi connectivity index (χ4n) is 3.32. The molecule has 0 aromatic rings. The van der Waals surface area contributed by atoms with Gasteiger partial charge >= 0.3 is 0 Å². The van der Waals surface area contributed by atoms with Gasteiger partial charge < -0.3 is 20.3 Å². The molecular formula is C19H36N4O. The zero-order chi connectivity index (χ0) is 16.9. The molecule has 0 saturated carbocycles. The largest absolute Gasteiger partial charge is 0.377 e. The predicted molar refractivity (Wildman–Crippen MR) is 102 cm³/mol. The molecule has 0 bridgehead atoms. The second-order valence-corrected chi connectivity index (χ2v) is 6.73. The fraction of sp³-hybridized carbons (Fsp3) is 0.842. The van der Waals surface area contributed by atoms with Crippen LogP contribution in [0.2, 0.25) is 0 Å². The summed E-state index contributed by atoms with van der Waals surface area (Å²) in [5.41, 5.74) is 1.51. The molecule has 2 aliphatic rings. The number of ether oxygens (including phenoxy) is 1. The van der Waals surface area contributed by atoms with Crippen LogP contribution in [0.3, 0.4) is 0 Å². The summed E-state index contributed by atoms with van der Waals surface area (Å²) in [6.45, 7) is 10.3. The van der Waals surface area contributed by atoms with Crippen molar-refractivity contribution in [3.05, 3.63) is 11.6 Å². The van der Waals surface area contributed by atoms with Gasteiger partial charge in [0.25, 0.3) is 0 Å². The number of aliphatic imine (C=N–C) groups is 1. The van der Waals surface area contributed by atoms with Gasteiger partial charge in [0.15, 0.2) is 5.96 Å². The van der Waals surface area contributed by atoms with Crippen molar-refractivity contribution in [3.8, 4) is 0 Å². The Labute approximate surface area is 147 Å². The van der Waals surface area contributed by atoms with Crippen LogP contribution in [0, 0.1) is 0 Å². The molecule has 5 nitrogen and oxygen atoms in total. The predicted octanol–water partition coefficient (Wildman–Crippen LogP) is 2.54. The maximum absolute atomic E-state index is 5.35. The Morgan fingerprint density at radius 1 is 1.21 bits per heavy atom. The summed E-state index contributed by atoms with van der Waals surface area (Å²) in [4.78, 5) is 7.34. The minimum absolute atomic E-state index is 0.778. The van der Waals surface area contributed by atoms with E-state index in [1.165, 1.54) is 50.9 Å². The van der Waals surface area contributed by atoms with E-state index in [0.29, 0.717) is 0 Å². The first-order valence-electron chi connectivity index (χ1n) is 9.88. The van der Waals surface area contributed by atoms with Crippen molar-refractivity contribution in [1.29, 1.82) is 0 Å². The lowest BCUT2D eigenvalue weighted by atomic mass is 10.1. The van der Waals surface area contributed by atoms with Gasteiger partial charge in [-0.15, -0.1) is 0 Å². The van der Waals surface area contributed by atoms with Gasteiger partial charge in [-0.25, -0.2) is 0 Å². The molecule has 0 atom stereocenters. The van der Waals surface area contributed by atoms with Crippen molar-refractivity contribution in [2.75, 3.05) is 52.5 Å². The Balaban J connectivity index is 1.62. The van der Waals surface area contributed by atoms with Crippen molar-refractivity contribution in [3.63, 3.8) is 0 Å². The first-order valence-corrected chi connectivity index (χ1v) is 9.88. The summed E-state index contributed by atoms with van der Waals surface area (Å²) in [6, 6.07) is 0. The number of guanidine groups is 1. The molecule has 0 aromatic carbocycles. The second kappa shape index (κ2) is 12.3. The smallest absolute Gasteiger partial charge is 0.191 e. The fourth-order valence-corrected chi connectivity index (χ4v) is 3.32. The molecule has 2 N–H and O–H groups in total. The van der Waals surface area contributed by atoms with E-state index < -0.39 is 0 Å². The standard InChI is InChI=1S/C19H36N4O/c1-2-20-19(22-12-8-18-9-16-24-17-10-18)21-11-7-15-23-13-5-3-4-6-14-23/h9H,2-8,10-17H2,1H3,(H2,20,21,22). The van der Waals surface area contributed by atoms with E-state index in [1.54, 1.807) is 0 Å². The number of hydrogen-bond acceptors (Lipinski definition) is 3. The van der Waals surface area contributed by atoms with E-state index in [4.69, 9.17) is 9.73 Å². The molecular weight excluding hydrogens is 300 g/mol. The maximum Gasteiger partial charge on any atom is 0.191 e. The van der Waals surface area contributed by atoms with Crippen LogP contribution in [-0.4, -0.2) is 63.3 Å². The van der Waals surface area contributed by atoms with Gasteiger partial charge in [0.1, 0.15) is 0 Å². The molecule has 0 radical (unpaired) electrons. The van der Waals surface area contributed by atoms with Gasteiger partial charge in [0.05, 0.1) is 13.2 Å². The van der Waals surface area contributed by atoms with Crippen molar-refractivity contribution in [2.45, 2.75) is 51.9 Å². The van der Waals surface area contributed by atoms with E-state index in [-0.39, 0.29) is 0 Å². The summed E-state index contributed by atoms with van der Waals surface area (Å²) >= 11 is 0. The van der Waals surface area contributed by atoms with Crippen LogP contribution in [0.15, 0.2) is 16.6 Å². The monoisotopic (exact) mass is 336 g/mol. The molecule has 2 heterocycles. The minimum atomic E-state index is 0.778. The Kier molecular flexibility index (Phi) is 9.88. The Morgan fingerprint density at radius 3 is 2.75 bits per heavy atom. The van der Waals surface area contributed by atoms with Gasteiger partial charge in [0, 0.05) is 19.6 Å². The average molecular weight is 337 g/mol. The summed E-state index contributed by atoms with van der Waals surface area (Å²) < 4.78 is 5.35. The van der Waals surface area contributed by atoms with E-state index >= 15 is 0 Å². The molecule has 0 unspecified atom stereocenters. The molecule has 5 heteroatoms. The molecule has 24 heavy (non-hydrogen) atoms. The molecule has 1 fully saturated rings. The van der Waals surface area contributed by atoms with E-state index in [1.807, 2.05) is 0 Å². The highest BCUT2D eigenvalue weighted by atomic mass is 16.5. The summed E-state index contributed by atoms with van der Waals surface area (Å²) in [5.74, 6) is 0.959. The van der Waals surface area contributed by atoms with Crippen LogP contribution in [0.1, 0.15) is 51.9 Å². The SMILES string of the molecule is CCNC(=NCCCN1CCCCCC1)NCCC1=CCOCC1. The number of rotatable bonds is 8. The molecule has 138 valence electrons. The quantitative estimate of drug-likeness (QED) is 0.309. The topological polar surface area (TPSA) is 48.9 Å². The highest BCUT2D eigenvalue weighted by Crippen LogP contribution is 2.11. The molecule has 0 aliphatic carbocycles. The zero-order valence-electron chi connectivity index (χ0n) is 15.5. The highest BCUT2D eigenvalue weighted by molar-refractivity contribution is 5.79. The van der Waals surface area contributed by atoms with Crippen LogP contribution in [0.25, 0.3) is 0 Å². The maximum atomic E-state index is 5.35. The van der Waals surface area contributed by atoms with Gasteiger partial charge in [0.2, 0.25) is 0 Å². The number of hydrogen-bond donors (Lipinski definition) is 2. The highest BCUT2D eigenvalue weighted by Gasteiger charge is 2.08. The Hall–Kier alpha value is -1.07. The van der Waals surface area contributed by atoms with Crippen LogP contribution < -0.4 is 10.6 Å². The first kappa shape index (κ1) is 19.3. The third kappa shape index (κ3) is 8.15. The third-order valence-corrected chi connectivity index (χ3v) is 4.74. The first-order chi connectivity index (χ1) is 11.9.